The second-order valence-corrected chi connectivity index (χ2v) is 27.9. The second-order valence-electron chi connectivity index (χ2n) is 27.9. The van der Waals surface area contributed by atoms with Crippen molar-refractivity contribution in [2.75, 3.05) is 9.80 Å². The number of aromatic nitrogens is 4. The Labute approximate surface area is 592 Å². The molecule has 0 radical (unpaired) electrons. The highest BCUT2D eigenvalue weighted by Gasteiger charge is 2.46. The molecule has 0 saturated carbocycles. The summed E-state index contributed by atoms with van der Waals surface area (Å²) in [5.74, 6) is 0. The average molecular weight is 1310 g/mol. The molecule has 0 bridgehead atoms. The fourth-order valence-electron chi connectivity index (χ4n) is 18.7. The standard InChI is InChI=1S/C97H60N6/c1-4-27-66(28-5-1)97(67-29-6-2-7-30-67)78-38-15-12-34-74(78)75-56-54-70(60-79(75)97)98(68-31-8-3-9-32-68)86-44-22-47-89-93(86)91-77-36-14-17-40-82(77)101-85-57-51-64(59-90(85)103(89)96(91)101)63-50-55-73-65(58-63)26-21-43-80(73)99(69-52-48-62(49-53-69)72-37-20-25-61-24-10-11-33-71(61)72)87-45-23-46-88-94(87)92-76-35-13-16-39-81(76)100-83-41-18-19-42-84(83)102(88)95(92)100/h1-60H. The summed E-state index contributed by atoms with van der Waals surface area (Å²) in [6.07, 6.45) is 0. The monoisotopic (exact) mass is 1310 g/mol. The van der Waals surface area contributed by atoms with E-state index in [4.69, 9.17) is 0 Å². The van der Waals surface area contributed by atoms with Gasteiger partial charge in [-0.1, -0.05) is 255 Å². The van der Waals surface area contributed by atoms with Gasteiger partial charge < -0.3 is 9.80 Å². The van der Waals surface area contributed by atoms with E-state index < -0.39 is 5.41 Å². The largest absolute Gasteiger partial charge is 0.310 e. The number of imidazole rings is 2. The Morgan fingerprint density at radius 1 is 0.214 bits per heavy atom. The predicted molar refractivity (Wildman–Crippen MR) is 430 cm³/mol. The van der Waals surface area contributed by atoms with E-state index in [-0.39, 0.29) is 0 Å². The first kappa shape index (κ1) is 56.2. The Kier molecular flexibility index (Phi) is 11.6. The smallest absolute Gasteiger partial charge is 0.131 e. The zero-order valence-electron chi connectivity index (χ0n) is 55.8. The van der Waals surface area contributed by atoms with Crippen LogP contribution in [0.3, 0.4) is 0 Å². The van der Waals surface area contributed by atoms with Crippen LogP contribution in [0.1, 0.15) is 22.3 Å². The van der Waals surface area contributed by atoms with E-state index in [0.29, 0.717) is 0 Å². The van der Waals surface area contributed by atoms with Crippen molar-refractivity contribution in [1.82, 2.24) is 17.6 Å². The quantitative estimate of drug-likeness (QED) is 0.136. The SMILES string of the molecule is c1ccc(N(c2ccc3c(c2)C(c2ccccc2)(c2ccccc2)c2ccccc2-3)c2cccc3c2c2c4ccccc4n4c5ccc(-c6ccc7c(N(c8ccc(-c9cccc%10ccccc9%10)cc8)c8cccc9c8c8c%10ccccc%10n%10c%11ccccc%11n9c8%10)cccc7c6)cc5n3c24)cc1. The number of hydrogen-bond acceptors (Lipinski definition) is 2. The minimum Gasteiger partial charge on any atom is -0.310 e. The molecule has 6 heterocycles. The third kappa shape index (κ3) is 7.60. The van der Waals surface area contributed by atoms with Crippen LogP contribution < -0.4 is 9.80 Å². The fourth-order valence-corrected chi connectivity index (χ4v) is 18.7. The minimum absolute atomic E-state index is 0.565. The molecule has 103 heavy (non-hydrogen) atoms. The van der Waals surface area contributed by atoms with Crippen LogP contribution in [-0.2, 0) is 5.41 Å². The van der Waals surface area contributed by atoms with Gasteiger partial charge in [-0.25, -0.2) is 0 Å². The first-order valence-electron chi connectivity index (χ1n) is 35.7. The van der Waals surface area contributed by atoms with Crippen molar-refractivity contribution in [3.05, 3.63) is 386 Å². The first-order chi connectivity index (χ1) is 51.2. The molecule has 23 rings (SSSR count). The topological polar surface area (TPSA) is 24.1 Å². The molecule has 0 saturated heterocycles. The van der Waals surface area contributed by atoms with Crippen molar-refractivity contribution in [1.29, 1.82) is 0 Å². The summed E-state index contributed by atoms with van der Waals surface area (Å²) in [4.78, 5) is 5.04. The molecule has 6 aromatic heterocycles. The van der Waals surface area contributed by atoms with Gasteiger partial charge in [0.15, 0.2) is 0 Å². The van der Waals surface area contributed by atoms with Gasteiger partial charge in [-0.3, -0.25) is 17.6 Å². The van der Waals surface area contributed by atoms with Gasteiger partial charge in [0, 0.05) is 54.8 Å². The van der Waals surface area contributed by atoms with Gasteiger partial charge in [0.1, 0.15) is 11.3 Å². The van der Waals surface area contributed by atoms with Gasteiger partial charge in [0.25, 0.3) is 0 Å². The van der Waals surface area contributed by atoms with Gasteiger partial charge >= 0.3 is 0 Å². The molecule has 0 atom stereocenters. The number of anilines is 6. The number of nitrogens with zero attached hydrogens (tertiary/aromatic N) is 6. The summed E-state index contributed by atoms with van der Waals surface area (Å²) < 4.78 is 10.0. The van der Waals surface area contributed by atoms with E-state index in [1.807, 2.05) is 0 Å². The minimum atomic E-state index is -0.565. The average Bonchev–Trinajstić information content (AvgIpc) is 1.52. The van der Waals surface area contributed by atoms with E-state index in [1.165, 1.54) is 132 Å². The number of rotatable bonds is 10. The van der Waals surface area contributed by atoms with Crippen molar-refractivity contribution in [3.63, 3.8) is 0 Å². The summed E-state index contributed by atoms with van der Waals surface area (Å²) in [6.45, 7) is 0. The Bertz CT molecular complexity index is 7190. The maximum Gasteiger partial charge on any atom is 0.131 e. The van der Waals surface area contributed by atoms with Gasteiger partial charge in [0.2, 0.25) is 0 Å². The summed E-state index contributed by atoms with van der Waals surface area (Å²) in [5, 5.41) is 12.2. The normalized spacial score (nSPS) is 12.9. The molecule has 6 nitrogen and oxygen atoms in total. The molecule has 6 heteroatoms. The molecule has 22 aromatic rings. The van der Waals surface area contributed by atoms with Crippen LogP contribution in [0, 0.1) is 0 Å². The van der Waals surface area contributed by atoms with Crippen LogP contribution in [0.15, 0.2) is 364 Å². The van der Waals surface area contributed by atoms with E-state index in [1.54, 1.807) is 0 Å². The number of fused-ring (bicyclic) bond motifs is 23. The van der Waals surface area contributed by atoms with Crippen molar-refractivity contribution >= 4 is 143 Å². The van der Waals surface area contributed by atoms with Gasteiger partial charge in [0.05, 0.1) is 66.6 Å². The molecule has 0 amide bonds. The lowest BCUT2D eigenvalue weighted by Crippen LogP contribution is -2.28. The maximum absolute atomic E-state index is 2.55. The van der Waals surface area contributed by atoms with Crippen molar-refractivity contribution in [2.45, 2.75) is 5.41 Å². The highest BCUT2D eigenvalue weighted by atomic mass is 15.2. The van der Waals surface area contributed by atoms with Gasteiger partial charge in [-0.2, -0.15) is 0 Å². The molecule has 1 aliphatic rings. The van der Waals surface area contributed by atoms with E-state index in [0.717, 1.165) is 67.1 Å². The van der Waals surface area contributed by atoms with Crippen molar-refractivity contribution in [3.8, 4) is 33.4 Å². The van der Waals surface area contributed by atoms with Crippen LogP contribution in [0.4, 0.5) is 34.1 Å². The van der Waals surface area contributed by atoms with Crippen LogP contribution in [0.2, 0.25) is 0 Å². The molecular weight excluding hydrogens is 1250 g/mol. The summed E-state index contributed by atoms with van der Waals surface area (Å²) >= 11 is 0. The molecule has 0 spiro atoms. The van der Waals surface area contributed by atoms with Crippen LogP contribution in [-0.4, -0.2) is 17.6 Å². The molecule has 478 valence electrons. The number of para-hydroxylation sites is 5. The molecule has 0 fully saturated rings. The predicted octanol–water partition coefficient (Wildman–Crippen LogP) is 25.4. The fraction of sp³-hybridized carbons (Fsp3) is 0.0103. The Hall–Kier alpha value is -13.7. The molecule has 16 aromatic carbocycles. The zero-order valence-corrected chi connectivity index (χ0v) is 55.8. The Morgan fingerprint density at radius 3 is 1.35 bits per heavy atom. The van der Waals surface area contributed by atoms with Gasteiger partial charge in [-0.05, 0) is 181 Å². The lowest BCUT2D eigenvalue weighted by Gasteiger charge is -2.35. The molecular formula is C97H60N6. The number of benzene rings is 16. The Morgan fingerprint density at radius 2 is 0.660 bits per heavy atom. The molecule has 0 N–H and O–H groups in total. The molecule has 1 aliphatic carbocycles. The lowest BCUT2D eigenvalue weighted by molar-refractivity contribution is 0.768. The molecule has 0 unspecified atom stereocenters. The zero-order chi connectivity index (χ0) is 67.2. The third-order valence-corrected chi connectivity index (χ3v) is 22.8. The second kappa shape index (κ2) is 21.2. The lowest BCUT2D eigenvalue weighted by atomic mass is 9.67. The summed E-state index contributed by atoms with van der Waals surface area (Å²) in [6, 6.07) is 136. The number of hydrogen-bond donors (Lipinski definition) is 0. The summed E-state index contributed by atoms with van der Waals surface area (Å²) in [5.41, 5.74) is 30.2. The van der Waals surface area contributed by atoms with Crippen molar-refractivity contribution < 1.29 is 0 Å². The van der Waals surface area contributed by atoms with Crippen molar-refractivity contribution in [2.24, 2.45) is 0 Å². The maximum atomic E-state index is 2.55. The third-order valence-electron chi connectivity index (χ3n) is 22.8. The van der Waals surface area contributed by atoms with Gasteiger partial charge in [-0.15, -0.1) is 0 Å². The first-order valence-corrected chi connectivity index (χ1v) is 35.7. The van der Waals surface area contributed by atoms with Crippen LogP contribution >= 0.6 is 0 Å². The van der Waals surface area contributed by atoms with E-state index in [2.05, 4.69) is 391 Å². The van der Waals surface area contributed by atoms with Crippen LogP contribution in [0.5, 0.6) is 0 Å². The van der Waals surface area contributed by atoms with E-state index >= 15 is 0 Å². The van der Waals surface area contributed by atoms with Crippen LogP contribution in [0.25, 0.3) is 143 Å². The Balaban J connectivity index is 0.709. The van der Waals surface area contributed by atoms with E-state index in [9.17, 15) is 0 Å². The molecule has 0 aliphatic heterocycles. The summed E-state index contributed by atoms with van der Waals surface area (Å²) in [7, 11) is 0. The highest BCUT2D eigenvalue weighted by Crippen LogP contribution is 2.59. The highest BCUT2D eigenvalue weighted by molar-refractivity contribution is 6.29.